The first kappa shape index (κ1) is 13.0. The van der Waals surface area contributed by atoms with Crippen LogP contribution in [0.25, 0.3) is 0 Å². The van der Waals surface area contributed by atoms with Gasteiger partial charge in [0.15, 0.2) is 0 Å². The number of hydrogen-bond donors (Lipinski definition) is 0. The molecule has 0 spiro atoms. The van der Waals surface area contributed by atoms with E-state index in [-0.39, 0.29) is 0 Å². The van der Waals surface area contributed by atoms with Crippen LogP contribution in [0.3, 0.4) is 0 Å². The predicted molar refractivity (Wildman–Crippen MR) is 68.2 cm³/mol. The Labute approximate surface area is 96.2 Å². The van der Waals surface area contributed by atoms with E-state index in [0.717, 1.165) is 12.0 Å². The van der Waals surface area contributed by atoms with Gasteiger partial charge in [-0.3, -0.25) is 0 Å². The van der Waals surface area contributed by atoms with E-state index in [1.165, 1.54) is 58.0 Å². The van der Waals surface area contributed by atoms with E-state index in [2.05, 4.69) is 25.7 Å². The van der Waals surface area contributed by atoms with Gasteiger partial charge in [0.2, 0.25) is 0 Å². The number of rotatable bonds is 6. The lowest BCUT2D eigenvalue weighted by Crippen LogP contribution is -2.41. The van der Waals surface area contributed by atoms with Gasteiger partial charge in [-0.1, -0.05) is 40.0 Å². The Hall–Kier alpha value is -0.0400. The fraction of sp³-hybridized carbons (Fsp3) is 1.00. The Kier molecular flexibility index (Phi) is 6.31. The molecule has 1 rings (SSSR count). The molecule has 1 heterocycles. The predicted octanol–water partition coefficient (Wildman–Crippen LogP) is 4.08. The molecular formula is C14H29N. The molecule has 90 valence electrons. The van der Waals surface area contributed by atoms with Gasteiger partial charge in [0.25, 0.3) is 0 Å². The lowest BCUT2D eigenvalue weighted by Gasteiger charge is -2.37. The number of hydrogen-bond acceptors (Lipinski definition) is 1. The first-order chi connectivity index (χ1) is 7.27. The average Bonchev–Trinajstić information content (AvgIpc) is 2.24. The summed E-state index contributed by atoms with van der Waals surface area (Å²) in [6.07, 6.45) is 9.84. The highest BCUT2D eigenvalue weighted by Crippen LogP contribution is 2.21. The minimum Gasteiger partial charge on any atom is -0.300 e. The number of piperidine rings is 1. The molecular weight excluding hydrogens is 182 g/mol. The summed E-state index contributed by atoms with van der Waals surface area (Å²) in [4.78, 5) is 2.75. The van der Waals surface area contributed by atoms with E-state index < -0.39 is 0 Å². The fourth-order valence-electron chi connectivity index (χ4n) is 2.83. The highest BCUT2D eigenvalue weighted by atomic mass is 15.2. The molecule has 0 amide bonds. The second-order valence-electron chi connectivity index (χ2n) is 5.30. The van der Waals surface area contributed by atoms with Crippen molar-refractivity contribution < 1.29 is 0 Å². The minimum atomic E-state index is 0.874. The Morgan fingerprint density at radius 3 is 2.67 bits per heavy atom. The van der Waals surface area contributed by atoms with E-state index in [9.17, 15) is 0 Å². The fourth-order valence-corrected chi connectivity index (χ4v) is 2.83. The van der Waals surface area contributed by atoms with Crippen LogP contribution in [-0.4, -0.2) is 24.0 Å². The minimum absolute atomic E-state index is 0.874. The molecule has 0 aromatic rings. The molecule has 1 fully saturated rings. The van der Waals surface area contributed by atoms with Crippen LogP contribution in [-0.2, 0) is 0 Å². The summed E-state index contributed by atoms with van der Waals surface area (Å²) >= 11 is 0. The molecule has 0 saturated carbocycles. The van der Waals surface area contributed by atoms with Crippen molar-refractivity contribution in [2.24, 2.45) is 5.92 Å². The molecule has 0 radical (unpaired) electrons. The molecule has 2 atom stereocenters. The van der Waals surface area contributed by atoms with Crippen molar-refractivity contribution in [3.8, 4) is 0 Å². The van der Waals surface area contributed by atoms with Crippen molar-refractivity contribution in [3.63, 3.8) is 0 Å². The van der Waals surface area contributed by atoms with Gasteiger partial charge in [0.05, 0.1) is 0 Å². The molecule has 2 unspecified atom stereocenters. The molecule has 0 aliphatic carbocycles. The number of nitrogens with zero attached hydrogens (tertiary/aromatic N) is 1. The molecule has 1 nitrogen and oxygen atoms in total. The SMILES string of the molecule is CCCCCC(CC)N1CCCC(C)C1. The second kappa shape index (κ2) is 7.27. The number of likely N-dealkylation sites (tertiary alicyclic amines) is 1. The Morgan fingerprint density at radius 2 is 2.07 bits per heavy atom. The zero-order chi connectivity index (χ0) is 11.1. The third kappa shape index (κ3) is 4.55. The molecule has 0 N–H and O–H groups in total. The molecule has 0 aromatic carbocycles. The summed E-state index contributed by atoms with van der Waals surface area (Å²) in [5.41, 5.74) is 0. The zero-order valence-corrected chi connectivity index (χ0v) is 11.0. The van der Waals surface area contributed by atoms with Gasteiger partial charge in [-0.05, 0) is 38.1 Å². The van der Waals surface area contributed by atoms with Crippen molar-refractivity contribution in [2.45, 2.75) is 71.8 Å². The van der Waals surface area contributed by atoms with Crippen LogP contribution < -0.4 is 0 Å². The van der Waals surface area contributed by atoms with Crippen molar-refractivity contribution in [1.82, 2.24) is 4.90 Å². The van der Waals surface area contributed by atoms with Crippen LogP contribution in [0.2, 0.25) is 0 Å². The van der Waals surface area contributed by atoms with Crippen molar-refractivity contribution in [2.75, 3.05) is 13.1 Å². The maximum Gasteiger partial charge on any atom is 0.00927 e. The van der Waals surface area contributed by atoms with Gasteiger partial charge in [0.1, 0.15) is 0 Å². The molecule has 15 heavy (non-hydrogen) atoms. The van der Waals surface area contributed by atoms with Crippen LogP contribution >= 0.6 is 0 Å². The van der Waals surface area contributed by atoms with Crippen molar-refractivity contribution in [3.05, 3.63) is 0 Å². The third-order valence-corrected chi connectivity index (χ3v) is 3.82. The Balaban J connectivity index is 2.29. The largest absolute Gasteiger partial charge is 0.300 e. The molecule has 0 bridgehead atoms. The van der Waals surface area contributed by atoms with Gasteiger partial charge in [0, 0.05) is 12.6 Å². The summed E-state index contributed by atoms with van der Waals surface area (Å²) in [5, 5.41) is 0. The topological polar surface area (TPSA) is 3.24 Å². The van der Waals surface area contributed by atoms with Gasteiger partial charge in [-0.15, -0.1) is 0 Å². The summed E-state index contributed by atoms with van der Waals surface area (Å²) in [7, 11) is 0. The van der Waals surface area contributed by atoms with Crippen LogP contribution in [0.1, 0.15) is 65.7 Å². The summed E-state index contributed by atoms with van der Waals surface area (Å²) in [6.45, 7) is 9.77. The zero-order valence-electron chi connectivity index (χ0n) is 11.0. The van der Waals surface area contributed by atoms with Gasteiger partial charge in [-0.25, -0.2) is 0 Å². The first-order valence-electron chi connectivity index (χ1n) is 7.02. The quantitative estimate of drug-likeness (QED) is 0.598. The molecule has 1 heteroatoms. The summed E-state index contributed by atoms with van der Waals surface area (Å²) in [5.74, 6) is 0.930. The molecule has 1 aliphatic heterocycles. The second-order valence-corrected chi connectivity index (χ2v) is 5.30. The van der Waals surface area contributed by atoms with Crippen LogP contribution in [0.15, 0.2) is 0 Å². The Bertz CT molecular complexity index is 155. The van der Waals surface area contributed by atoms with Crippen molar-refractivity contribution in [1.29, 1.82) is 0 Å². The first-order valence-corrected chi connectivity index (χ1v) is 7.02. The average molecular weight is 211 g/mol. The summed E-state index contributed by atoms with van der Waals surface area (Å²) in [6, 6.07) is 0.874. The van der Waals surface area contributed by atoms with E-state index in [0.29, 0.717) is 0 Å². The lowest BCUT2D eigenvalue weighted by atomic mass is 9.96. The van der Waals surface area contributed by atoms with Gasteiger partial charge < -0.3 is 4.90 Å². The van der Waals surface area contributed by atoms with Gasteiger partial charge >= 0.3 is 0 Å². The monoisotopic (exact) mass is 211 g/mol. The van der Waals surface area contributed by atoms with E-state index in [4.69, 9.17) is 0 Å². The third-order valence-electron chi connectivity index (χ3n) is 3.82. The highest BCUT2D eigenvalue weighted by molar-refractivity contribution is 4.76. The van der Waals surface area contributed by atoms with E-state index in [1.54, 1.807) is 0 Å². The molecule has 0 aromatic heterocycles. The van der Waals surface area contributed by atoms with E-state index in [1.807, 2.05) is 0 Å². The smallest absolute Gasteiger partial charge is 0.00927 e. The van der Waals surface area contributed by atoms with Crippen LogP contribution in [0.5, 0.6) is 0 Å². The number of unbranched alkanes of at least 4 members (excludes halogenated alkanes) is 2. The van der Waals surface area contributed by atoms with E-state index >= 15 is 0 Å². The normalized spacial score (nSPS) is 25.4. The lowest BCUT2D eigenvalue weighted by molar-refractivity contribution is 0.118. The standard InChI is InChI=1S/C14H29N/c1-4-6-7-10-14(5-2)15-11-8-9-13(3)12-15/h13-14H,4-12H2,1-3H3. The molecule has 1 aliphatic rings. The van der Waals surface area contributed by atoms with Gasteiger partial charge in [-0.2, -0.15) is 0 Å². The van der Waals surface area contributed by atoms with Crippen LogP contribution in [0.4, 0.5) is 0 Å². The van der Waals surface area contributed by atoms with Crippen molar-refractivity contribution >= 4 is 0 Å². The maximum atomic E-state index is 2.75. The molecule has 1 saturated heterocycles. The maximum absolute atomic E-state index is 2.75. The van der Waals surface area contributed by atoms with Crippen LogP contribution in [0, 0.1) is 5.92 Å². The summed E-state index contributed by atoms with van der Waals surface area (Å²) < 4.78 is 0. The highest BCUT2D eigenvalue weighted by Gasteiger charge is 2.21. The Morgan fingerprint density at radius 1 is 1.27 bits per heavy atom.